The van der Waals surface area contributed by atoms with Gasteiger partial charge in [0.25, 0.3) is 0 Å². The fourth-order valence-electron chi connectivity index (χ4n) is 3.25. The van der Waals surface area contributed by atoms with Crippen LogP contribution in [-0.2, 0) is 6.54 Å². The Bertz CT molecular complexity index is 730. The van der Waals surface area contributed by atoms with Gasteiger partial charge in [0.15, 0.2) is 5.11 Å². The second-order valence-electron chi connectivity index (χ2n) is 6.55. The zero-order valence-electron chi connectivity index (χ0n) is 15.1. The molecule has 0 spiro atoms. The number of thiocarbonyl (C=S) groups is 1. The van der Waals surface area contributed by atoms with Crippen LogP contribution in [0.5, 0.6) is 0 Å². The van der Waals surface area contributed by atoms with Crippen LogP contribution in [-0.4, -0.2) is 37.8 Å². The van der Waals surface area contributed by atoms with Crippen LogP contribution in [0, 0.1) is 0 Å². The average Bonchev–Trinajstić information content (AvgIpc) is 2.67. The van der Waals surface area contributed by atoms with Gasteiger partial charge in [-0.05, 0) is 42.9 Å². The molecule has 1 heterocycles. The van der Waals surface area contributed by atoms with E-state index in [-0.39, 0.29) is 0 Å². The van der Waals surface area contributed by atoms with E-state index in [2.05, 4.69) is 40.7 Å². The molecule has 1 aliphatic heterocycles. The molecular weight excluding hydrogens is 364 g/mol. The van der Waals surface area contributed by atoms with E-state index in [0.29, 0.717) is 16.7 Å². The molecule has 0 unspecified atom stereocenters. The predicted octanol–water partition coefficient (Wildman–Crippen LogP) is 2.55. The van der Waals surface area contributed by atoms with Gasteiger partial charge in [-0.15, -0.1) is 0 Å². The molecule has 2 aromatic carbocycles. The lowest BCUT2D eigenvalue weighted by atomic mass is 10.2. The van der Waals surface area contributed by atoms with E-state index in [1.54, 1.807) is 4.90 Å². The van der Waals surface area contributed by atoms with Crippen molar-refractivity contribution in [1.82, 2.24) is 5.32 Å². The molecule has 1 aliphatic rings. The molecule has 26 heavy (non-hydrogen) atoms. The lowest BCUT2D eigenvalue weighted by Gasteiger charge is -2.34. The zero-order valence-corrected chi connectivity index (χ0v) is 16.7. The van der Waals surface area contributed by atoms with Crippen LogP contribution >= 0.6 is 23.8 Å². The Labute approximate surface area is 166 Å². The van der Waals surface area contributed by atoms with Crippen molar-refractivity contribution >= 4 is 40.3 Å². The first-order valence-corrected chi connectivity index (χ1v) is 9.91. The minimum absolute atomic E-state index is 0.607. The highest BCUT2D eigenvalue weighted by atomic mass is 35.5. The highest BCUT2D eigenvalue weighted by Gasteiger charge is 2.21. The van der Waals surface area contributed by atoms with Crippen LogP contribution in [0.3, 0.4) is 0 Å². The molecule has 0 atom stereocenters. The summed E-state index contributed by atoms with van der Waals surface area (Å²) in [6.07, 6.45) is 0. The number of hydrogen-bond donors (Lipinski definition) is 3. The van der Waals surface area contributed by atoms with Gasteiger partial charge in [-0.1, -0.05) is 41.9 Å². The Morgan fingerprint density at radius 3 is 2.58 bits per heavy atom. The van der Waals surface area contributed by atoms with Crippen LogP contribution < -0.4 is 20.4 Å². The highest BCUT2D eigenvalue weighted by Crippen LogP contribution is 2.29. The molecular formula is C20H26ClN4S+. The first-order chi connectivity index (χ1) is 12.7. The Morgan fingerprint density at radius 1 is 1.15 bits per heavy atom. The number of quaternary nitrogens is 1. The number of halogens is 1. The summed E-state index contributed by atoms with van der Waals surface area (Å²) in [5.41, 5.74) is 3.32. The SMILES string of the molecule is CC[NH+]1CCN(c2ccc(Cl)cc2NC(=S)NCc2ccccc2)CC1. The maximum Gasteiger partial charge on any atom is 0.171 e. The molecule has 0 aromatic heterocycles. The van der Waals surface area contributed by atoms with E-state index in [1.165, 1.54) is 12.1 Å². The molecule has 2 aromatic rings. The molecule has 138 valence electrons. The van der Waals surface area contributed by atoms with Gasteiger partial charge >= 0.3 is 0 Å². The van der Waals surface area contributed by atoms with Gasteiger partial charge in [-0.2, -0.15) is 0 Å². The highest BCUT2D eigenvalue weighted by molar-refractivity contribution is 7.80. The second kappa shape index (κ2) is 9.21. The Hall–Kier alpha value is -1.82. The van der Waals surface area contributed by atoms with Crippen LogP contribution in [0.1, 0.15) is 12.5 Å². The molecule has 3 rings (SSSR count). The summed E-state index contributed by atoms with van der Waals surface area (Å²) in [5.74, 6) is 0. The van der Waals surface area contributed by atoms with Crippen LogP contribution in [0.4, 0.5) is 11.4 Å². The van der Waals surface area contributed by atoms with E-state index in [4.69, 9.17) is 23.8 Å². The molecule has 0 radical (unpaired) electrons. The van der Waals surface area contributed by atoms with Crippen molar-refractivity contribution < 1.29 is 4.90 Å². The van der Waals surface area contributed by atoms with Gasteiger partial charge in [0.05, 0.1) is 44.1 Å². The molecule has 4 nitrogen and oxygen atoms in total. The molecule has 6 heteroatoms. The summed E-state index contributed by atoms with van der Waals surface area (Å²) < 4.78 is 0. The van der Waals surface area contributed by atoms with Crippen molar-refractivity contribution in [3.05, 3.63) is 59.1 Å². The van der Waals surface area contributed by atoms with Crippen LogP contribution in [0.15, 0.2) is 48.5 Å². The molecule has 1 saturated heterocycles. The lowest BCUT2D eigenvalue weighted by Crippen LogP contribution is -3.14. The summed E-state index contributed by atoms with van der Waals surface area (Å²) in [6.45, 7) is 8.54. The minimum Gasteiger partial charge on any atom is -0.359 e. The molecule has 0 aliphatic carbocycles. The summed E-state index contributed by atoms with van der Waals surface area (Å²) in [7, 11) is 0. The van der Waals surface area contributed by atoms with E-state index >= 15 is 0 Å². The maximum atomic E-state index is 6.23. The van der Waals surface area contributed by atoms with E-state index in [9.17, 15) is 0 Å². The molecule has 0 bridgehead atoms. The van der Waals surface area contributed by atoms with Crippen molar-refractivity contribution in [2.75, 3.05) is 42.9 Å². The first-order valence-electron chi connectivity index (χ1n) is 9.12. The molecule has 1 fully saturated rings. The number of rotatable bonds is 5. The summed E-state index contributed by atoms with van der Waals surface area (Å²) in [6, 6.07) is 16.2. The molecule has 0 saturated carbocycles. The van der Waals surface area contributed by atoms with E-state index < -0.39 is 0 Å². The third-order valence-electron chi connectivity index (χ3n) is 4.81. The van der Waals surface area contributed by atoms with Crippen LogP contribution in [0.25, 0.3) is 0 Å². The van der Waals surface area contributed by atoms with E-state index in [0.717, 1.165) is 37.6 Å². The number of nitrogens with one attached hydrogen (secondary N) is 3. The van der Waals surface area contributed by atoms with Crippen molar-refractivity contribution in [2.24, 2.45) is 0 Å². The number of nitrogens with zero attached hydrogens (tertiary/aromatic N) is 1. The summed E-state index contributed by atoms with van der Waals surface area (Å²) in [5, 5.41) is 7.91. The Balaban J connectivity index is 1.65. The van der Waals surface area contributed by atoms with Gasteiger partial charge in [-0.25, -0.2) is 0 Å². The quantitative estimate of drug-likeness (QED) is 0.686. The van der Waals surface area contributed by atoms with Gasteiger partial charge in [0.1, 0.15) is 0 Å². The third kappa shape index (κ3) is 5.10. The number of benzene rings is 2. The maximum absolute atomic E-state index is 6.23. The largest absolute Gasteiger partial charge is 0.359 e. The van der Waals surface area contributed by atoms with Gasteiger partial charge in [-0.3, -0.25) is 0 Å². The van der Waals surface area contributed by atoms with Gasteiger partial charge in [0, 0.05) is 11.6 Å². The smallest absolute Gasteiger partial charge is 0.171 e. The normalized spacial score (nSPS) is 14.9. The van der Waals surface area contributed by atoms with E-state index in [1.807, 2.05) is 30.3 Å². The predicted molar refractivity (Wildman–Crippen MR) is 114 cm³/mol. The standard InChI is InChI=1S/C20H25ClN4S/c1-2-24-10-12-25(13-11-24)19-9-8-17(21)14-18(19)23-20(26)22-15-16-6-4-3-5-7-16/h3-9,14H,2,10-13,15H2,1H3,(H2,22,23,26)/p+1. The Morgan fingerprint density at radius 2 is 1.88 bits per heavy atom. The van der Waals surface area contributed by atoms with Crippen molar-refractivity contribution in [2.45, 2.75) is 13.5 Å². The van der Waals surface area contributed by atoms with Crippen LogP contribution in [0.2, 0.25) is 5.02 Å². The van der Waals surface area contributed by atoms with Crippen molar-refractivity contribution in [1.29, 1.82) is 0 Å². The Kier molecular flexibility index (Phi) is 6.72. The zero-order chi connectivity index (χ0) is 18.4. The van der Waals surface area contributed by atoms with Gasteiger partial charge in [0.2, 0.25) is 0 Å². The van der Waals surface area contributed by atoms with Crippen molar-refractivity contribution in [3.63, 3.8) is 0 Å². The average molecular weight is 390 g/mol. The second-order valence-corrected chi connectivity index (χ2v) is 7.39. The van der Waals surface area contributed by atoms with Gasteiger partial charge < -0.3 is 20.4 Å². The number of likely N-dealkylation sites (N-methyl/N-ethyl adjacent to an activating group) is 1. The monoisotopic (exact) mass is 389 g/mol. The number of hydrogen-bond acceptors (Lipinski definition) is 2. The first kappa shape index (κ1) is 19.0. The summed E-state index contributed by atoms with van der Waals surface area (Å²) >= 11 is 11.7. The lowest BCUT2D eigenvalue weighted by molar-refractivity contribution is -0.898. The fraction of sp³-hybridized carbons (Fsp3) is 0.350. The number of anilines is 2. The van der Waals surface area contributed by atoms with Crippen molar-refractivity contribution in [3.8, 4) is 0 Å². The molecule has 3 N–H and O–H groups in total. The minimum atomic E-state index is 0.607. The molecule has 0 amide bonds. The topological polar surface area (TPSA) is 31.7 Å². The fourth-order valence-corrected chi connectivity index (χ4v) is 3.60. The number of piperazine rings is 1. The summed E-state index contributed by atoms with van der Waals surface area (Å²) in [4.78, 5) is 4.07. The third-order valence-corrected chi connectivity index (χ3v) is 5.30.